The molecule has 0 bridgehead atoms. The molecule has 0 radical (unpaired) electrons. The van der Waals surface area contributed by atoms with E-state index in [1.54, 1.807) is 0 Å². The van der Waals surface area contributed by atoms with Gasteiger partial charge in [0, 0.05) is 30.7 Å². The second kappa shape index (κ2) is 5.21. The van der Waals surface area contributed by atoms with Gasteiger partial charge >= 0.3 is 0 Å². The van der Waals surface area contributed by atoms with Crippen LogP contribution in [0.25, 0.3) is 10.9 Å². The first-order chi connectivity index (χ1) is 9.70. The highest BCUT2D eigenvalue weighted by atomic mass is 16.2. The second-order valence-electron chi connectivity index (χ2n) is 5.23. The molecule has 4 heteroatoms. The van der Waals surface area contributed by atoms with Crippen molar-refractivity contribution in [3.05, 3.63) is 41.6 Å². The number of carbonyl (C=O) groups is 1. The molecule has 1 N–H and O–H groups in total. The standard InChI is InChI=1S/C16H19N3O/c1-3-19(12-9-17-10-12)16(20)14-8-11(2)18-15-7-5-4-6-13(14)15/h4-8,12,17H,3,9-10H2,1-2H3. The number of carbonyl (C=O) groups excluding carboxylic acids is 1. The van der Waals surface area contributed by atoms with Crippen molar-refractivity contribution in [2.24, 2.45) is 0 Å². The van der Waals surface area contributed by atoms with Crippen molar-refractivity contribution in [3.63, 3.8) is 0 Å². The Morgan fingerprint density at radius 1 is 1.40 bits per heavy atom. The van der Waals surface area contributed by atoms with Crippen LogP contribution in [0.3, 0.4) is 0 Å². The normalized spacial score (nSPS) is 15.1. The summed E-state index contributed by atoms with van der Waals surface area (Å²) >= 11 is 0. The maximum atomic E-state index is 12.8. The van der Waals surface area contributed by atoms with Gasteiger partial charge in [0.25, 0.3) is 5.91 Å². The van der Waals surface area contributed by atoms with E-state index in [1.807, 2.05) is 49.1 Å². The molecule has 1 saturated heterocycles. The predicted octanol–water partition coefficient (Wildman–Crippen LogP) is 1.98. The van der Waals surface area contributed by atoms with Crippen LogP contribution in [0.4, 0.5) is 0 Å². The van der Waals surface area contributed by atoms with Crippen LogP contribution < -0.4 is 5.32 Å². The first-order valence-electron chi connectivity index (χ1n) is 7.08. The van der Waals surface area contributed by atoms with E-state index in [0.717, 1.165) is 41.8 Å². The lowest BCUT2D eigenvalue weighted by molar-refractivity contribution is 0.0632. The van der Waals surface area contributed by atoms with Crippen LogP contribution in [-0.2, 0) is 0 Å². The summed E-state index contributed by atoms with van der Waals surface area (Å²) in [6, 6.07) is 10.1. The number of fused-ring (bicyclic) bond motifs is 1. The summed E-state index contributed by atoms with van der Waals surface area (Å²) in [5.41, 5.74) is 2.54. The minimum Gasteiger partial charge on any atom is -0.333 e. The number of likely N-dealkylation sites (N-methyl/N-ethyl adjacent to an activating group) is 1. The zero-order valence-electron chi connectivity index (χ0n) is 11.9. The van der Waals surface area contributed by atoms with Crippen LogP contribution in [0, 0.1) is 6.92 Å². The van der Waals surface area contributed by atoms with Gasteiger partial charge in [0.1, 0.15) is 0 Å². The molecule has 1 fully saturated rings. The second-order valence-corrected chi connectivity index (χ2v) is 5.23. The molecule has 0 unspecified atom stereocenters. The third kappa shape index (κ3) is 2.16. The molecular formula is C16H19N3O. The number of hydrogen-bond donors (Lipinski definition) is 1. The van der Waals surface area contributed by atoms with Gasteiger partial charge in [-0.1, -0.05) is 18.2 Å². The fourth-order valence-electron chi connectivity index (χ4n) is 2.70. The largest absolute Gasteiger partial charge is 0.333 e. The summed E-state index contributed by atoms with van der Waals surface area (Å²) in [5, 5.41) is 4.16. The molecule has 1 aliphatic rings. The van der Waals surface area contributed by atoms with E-state index in [0.29, 0.717) is 6.04 Å². The molecule has 3 rings (SSSR count). The van der Waals surface area contributed by atoms with Gasteiger partial charge < -0.3 is 10.2 Å². The monoisotopic (exact) mass is 269 g/mol. The van der Waals surface area contributed by atoms with Crippen molar-refractivity contribution in [3.8, 4) is 0 Å². The summed E-state index contributed by atoms with van der Waals surface area (Å²) in [5.74, 6) is 0.112. The number of pyridine rings is 1. The van der Waals surface area contributed by atoms with E-state index in [-0.39, 0.29) is 5.91 Å². The molecule has 1 amide bonds. The third-order valence-corrected chi connectivity index (χ3v) is 3.88. The Kier molecular flexibility index (Phi) is 3.40. The van der Waals surface area contributed by atoms with E-state index in [4.69, 9.17) is 0 Å². The van der Waals surface area contributed by atoms with Crippen molar-refractivity contribution in [1.82, 2.24) is 15.2 Å². The lowest BCUT2D eigenvalue weighted by Gasteiger charge is -2.37. The summed E-state index contributed by atoms with van der Waals surface area (Å²) in [6.07, 6.45) is 0. The van der Waals surface area contributed by atoms with Gasteiger partial charge in [0.15, 0.2) is 0 Å². The van der Waals surface area contributed by atoms with Gasteiger partial charge in [-0.25, -0.2) is 0 Å². The van der Waals surface area contributed by atoms with Crippen LogP contribution in [0.2, 0.25) is 0 Å². The van der Waals surface area contributed by atoms with Crippen molar-refractivity contribution in [2.75, 3.05) is 19.6 Å². The zero-order chi connectivity index (χ0) is 14.1. The number of nitrogens with one attached hydrogen (secondary N) is 1. The van der Waals surface area contributed by atoms with Crippen molar-refractivity contribution in [1.29, 1.82) is 0 Å². The number of rotatable bonds is 3. The number of nitrogens with zero attached hydrogens (tertiary/aromatic N) is 2. The Labute approximate surface area is 118 Å². The van der Waals surface area contributed by atoms with Gasteiger partial charge in [-0.2, -0.15) is 0 Å². The summed E-state index contributed by atoms with van der Waals surface area (Å²) in [6.45, 7) is 6.49. The highest BCUT2D eigenvalue weighted by Gasteiger charge is 2.28. The molecule has 0 atom stereocenters. The number of aromatic nitrogens is 1. The molecule has 1 aromatic carbocycles. The quantitative estimate of drug-likeness (QED) is 0.926. The topological polar surface area (TPSA) is 45.2 Å². The summed E-state index contributed by atoms with van der Waals surface area (Å²) in [7, 11) is 0. The lowest BCUT2D eigenvalue weighted by atomic mass is 10.0. The number of aryl methyl sites for hydroxylation is 1. The molecule has 2 aromatic rings. The Bertz CT molecular complexity index is 649. The highest BCUT2D eigenvalue weighted by molar-refractivity contribution is 6.06. The average molecular weight is 269 g/mol. The Hall–Kier alpha value is -1.94. The average Bonchev–Trinajstić information content (AvgIpc) is 2.40. The van der Waals surface area contributed by atoms with Crippen LogP contribution in [-0.4, -0.2) is 41.5 Å². The van der Waals surface area contributed by atoms with Crippen LogP contribution >= 0.6 is 0 Å². The molecule has 0 aliphatic carbocycles. The number of hydrogen-bond acceptors (Lipinski definition) is 3. The molecule has 104 valence electrons. The number of benzene rings is 1. The minimum absolute atomic E-state index is 0.112. The Morgan fingerprint density at radius 3 is 2.80 bits per heavy atom. The van der Waals surface area contributed by atoms with Gasteiger partial charge in [-0.3, -0.25) is 9.78 Å². The van der Waals surface area contributed by atoms with Crippen LogP contribution in [0.5, 0.6) is 0 Å². The summed E-state index contributed by atoms with van der Waals surface area (Å²) < 4.78 is 0. The molecule has 1 aromatic heterocycles. The summed E-state index contributed by atoms with van der Waals surface area (Å²) in [4.78, 5) is 19.3. The van der Waals surface area contributed by atoms with E-state index in [1.165, 1.54) is 0 Å². The zero-order valence-corrected chi connectivity index (χ0v) is 11.9. The van der Waals surface area contributed by atoms with Crippen molar-refractivity contribution < 1.29 is 4.79 Å². The highest BCUT2D eigenvalue weighted by Crippen LogP contribution is 2.21. The van der Waals surface area contributed by atoms with Crippen molar-refractivity contribution in [2.45, 2.75) is 19.9 Å². The lowest BCUT2D eigenvalue weighted by Crippen LogP contribution is -2.58. The smallest absolute Gasteiger partial charge is 0.254 e. The molecule has 20 heavy (non-hydrogen) atoms. The number of para-hydroxylation sites is 1. The van der Waals surface area contributed by atoms with E-state index >= 15 is 0 Å². The Morgan fingerprint density at radius 2 is 2.15 bits per heavy atom. The maximum absolute atomic E-state index is 12.8. The Balaban J connectivity index is 2.06. The van der Waals surface area contributed by atoms with E-state index in [2.05, 4.69) is 10.3 Å². The van der Waals surface area contributed by atoms with Gasteiger partial charge in [0.05, 0.1) is 17.1 Å². The molecule has 0 spiro atoms. The molecule has 0 saturated carbocycles. The first kappa shape index (κ1) is 13.1. The van der Waals surface area contributed by atoms with Gasteiger partial charge in [-0.15, -0.1) is 0 Å². The van der Waals surface area contributed by atoms with E-state index < -0.39 is 0 Å². The number of amides is 1. The van der Waals surface area contributed by atoms with E-state index in [9.17, 15) is 4.79 Å². The fourth-order valence-corrected chi connectivity index (χ4v) is 2.70. The SMILES string of the molecule is CCN(C(=O)c1cc(C)nc2ccccc12)C1CNC1. The van der Waals surface area contributed by atoms with Crippen molar-refractivity contribution >= 4 is 16.8 Å². The fraction of sp³-hybridized carbons (Fsp3) is 0.375. The molecule has 4 nitrogen and oxygen atoms in total. The maximum Gasteiger partial charge on any atom is 0.254 e. The third-order valence-electron chi connectivity index (χ3n) is 3.88. The first-order valence-corrected chi connectivity index (χ1v) is 7.08. The van der Waals surface area contributed by atoms with Gasteiger partial charge in [-0.05, 0) is 26.0 Å². The molecule has 2 heterocycles. The molecular weight excluding hydrogens is 250 g/mol. The molecule has 1 aliphatic heterocycles. The van der Waals surface area contributed by atoms with Crippen LogP contribution in [0.1, 0.15) is 23.0 Å². The predicted molar refractivity (Wildman–Crippen MR) is 79.8 cm³/mol. The van der Waals surface area contributed by atoms with Gasteiger partial charge in [0.2, 0.25) is 0 Å². The minimum atomic E-state index is 0.112. The van der Waals surface area contributed by atoms with Crippen LogP contribution in [0.15, 0.2) is 30.3 Å².